The Kier molecular flexibility index (Phi) is 7.09. The molecule has 3 atom stereocenters. The average molecular weight is 381 g/mol. The summed E-state index contributed by atoms with van der Waals surface area (Å²) in [5.41, 5.74) is 6.03. The molecule has 19 heavy (non-hydrogen) atoms. The number of nitrogens with two attached hydrogens (primary N) is 1. The topological polar surface area (TPSA) is 60.1 Å². The fourth-order valence-electron chi connectivity index (χ4n) is 2.45. The highest BCUT2D eigenvalue weighted by atomic mass is 127. The van der Waals surface area contributed by atoms with Crippen molar-refractivity contribution in [1.29, 1.82) is 0 Å². The van der Waals surface area contributed by atoms with E-state index in [0.717, 1.165) is 32.7 Å². The van der Waals surface area contributed by atoms with Crippen molar-refractivity contribution in [2.75, 3.05) is 32.8 Å². The van der Waals surface area contributed by atoms with Crippen LogP contribution in [0.5, 0.6) is 0 Å². The summed E-state index contributed by atoms with van der Waals surface area (Å²) in [5, 5.41) is 0. The third-order valence-corrected chi connectivity index (χ3v) is 3.55. The van der Waals surface area contributed by atoms with Gasteiger partial charge in [-0.2, -0.15) is 0 Å². The molecule has 2 rings (SSSR count). The highest BCUT2D eigenvalue weighted by Gasteiger charge is 2.26. The lowest BCUT2D eigenvalue weighted by atomic mass is 10.0. The number of halogens is 1. The third-order valence-electron chi connectivity index (χ3n) is 3.55. The molecule has 0 aromatic carbocycles. The summed E-state index contributed by atoms with van der Waals surface area (Å²) in [7, 11) is 0. The molecule has 2 heterocycles. The summed E-state index contributed by atoms with van der Waals surface area (Å²) in [6.07, 6.45) is 3.25. The van der Waals surface area contributed by atoms with Crippen LogP contribution >= 0.6 is 24.0 Å². The molecule has 0 amide bonds. The van der Waals surface area contributed by atoms with E-state index in [1.54, 1.807) is 0 Å². The van der Waals surface area contributed by atoms with Gasteiger partial charge >= 0.3 is 0 Å². The van der Waals surface area contributed by atoms with Gasteiger partial charge in [0, 0.05) is 32.2 Å². The highest BCUT2D eigenvalue weighted by Crippen LogP contribution is 2.21. The van der Waals surface area contributed by atoms with E-state index in [2.05, 4.69) is 23.4 Å². The molecule has 6 heteroatoms. The number of ether oxygens (including phenoxy) is 2. The van der Waals surface area contributed by atoms with E-state index < -0.39 is 0 Å². The number of morpholine rings is 1. The minimum absolute atomic E-state index is 0. The Morgan fingerprint density at radius 3 is 2.95 bits per heavy atom. The first kappa shape index (κ1) is 16.7. The van der Waals surface area contributed by atoms with Crippen molar-refractivity contribution < 1.29 is 9.47 Å². The number of rotatable bonds is 3. The number of aliphatic imine (C=N–C) groups is 1. The summed E-state index contributed by atoms with van der Waals surface area (Å²) in [6, 6.07) is 0. The first-order valence-electron chi connectivity index (χ1n) is 6.61. The molecule has 110 valence electrons. The lowest BCUT2D eigenvalue weighted by Gasteiger charge is -2.32. The van der Waals surface area contributed by atoms with Gasteiger partial charge in [-0.15, -0.1) is 30.6 Å². The highest BCUT2D eigenvalue weighted by molar-refractivity contribution is 14.0. The lowest BCUT2D eigenvalue weighted by molar-refractivity contribution is 0.00525. The summed E-state index contributed by atoms with van der Waals surface area (Å²) in [6.45, 7) is 9.72. The molecule has 0 radical (unpaired) electrons. The van der Waals surface area contributed by atoms with E-state index in [1.807, 2.05) is 6.08 Å². The third kappa shape index (κ3) is 4.61. The van der Waals surface area contributed by atoms with E-state index in [9.17, 15) is 0 Å². The predicted octanol–water partition coefficient (Wildman–Crippen LogP) is 1.23. The zero-order valence-corrected chi connectivity index (χ0v) is 13.8. The minimum Gasteiger partial charge on any atom is -0.375 e. The molecule has 2 aliphatic heterocycles. The Morgan fingerprint density at radius 2 is 2.26 bits per heavy atom. The van der Waals surface area contributed by atoms with Crippen LogP contribution in [0.4, 0.5) is 0 Å². The molecule has 2 saturated heterocycles. The summed E-state index contributed by atoms with van der Waals surface area (Å²) < 4.78 is 11.0. The van der Waals surface area contributed by atoms with E-state index in [4.69, 9.17) is 15.2 Å². The van der Waals surface area contributed by atoms with E-state index in [1.165, 1.54) is 0 Å². The maximum Gasteiger partial charge on any atom is 0.191 e. The Morgan fingerprint density at radius 1 is 1.47 bits per heavy atom. The maximum atomic E-state index is 6.03. The van der Waals surface area contributed by atoms with Crippen LogP contribution in [0.15, 0.2) is 17.6 Å². The second-order valence-corrected chi connectivity index (χ2v) is 4.95. The normalized spacial score (nSPS) is 31.9. The molecule has 0 aliphatic carbocycles. The van der Waals surface area contributed by atoms with Crippen LogP contribution in [-0.4, -0.2) is 55.9 Å². The molecule has 0 saturated carbocycles. The zero-order valence-electron chi connectivity index (χ0n) is 11.5. The Balaban J connectivity index is 0.00000180. The molecule has 0 bridgehead atoms. The van der Waals surface area contributed by atoms with Gasteiger partial charge in [0.2, 0.25) is 0 Å². The molecule has 5 nitrogen and oxygen atoms in total. The largest absolute Gasteiger partial charge is 0.375 e. The van der Waals surface area contributed by atoms with Crippen LogP contribution in [0.2, 0.25) is 0 Å². The van der Waals surface area contributed by atoms with Crippen LogP contribution < -0.4 is 5.73 Å². The lowest BCUT2D eigenvalue weighted by Crippen LogP contribution is -2.48. The van der Waals surface area contributed by atoms with Gasteiger partial charge in [-0.3, -0.25) is 4.99 Å². The summed E-state index contributed by atoms with van der Waals surface area (Å²) in [4.78, 5) is 6.59. The van der Waals surface area contributed by atoms with Gasteiger partial charge in [-0.25, -0.2) is 0 Å². The molecule has 2 aliphatic rings. The van der Waals surface area contributed by atoms with Crippen molar-refractivity contribution in [3.63, 3.8) is 0 Å². The van der Waals surface area contributed by atoms with Crippen molar-refractivity contribution in [1.82, 2.24) is 4.90 Å². The van der Waals surface area contributed by atoms with Gasteiger partial charge in [0.05, 0.1) is 18.8 Å². The number of nitrogens with zero attached hydrogens (tertiary/aromatic N) is 2. The molecule has 1 unspecified atom stereocenters. The van der Waals surface area contributed by atoms with Crippen LogP contribution in [0.25, 0.3) is 0 Å². The van der Waals surface area contributed by atoms with Crippen molar-refractivity contribution in [2.45, 2.75) is 25.6 Å². The second-order valence-electron chi connectivity index (χ2n) is 4.95. The predicted molar refractivity (Wildman–Crippen MR) is 86.9 cm³/mol. The molecular weight excluding hydrogens is 357 g/mol. The van der Waals surface area contributed by atoms with Crippen molar-refractivity contribution in [3.8, 4) is 0 Å². The monoisotopic (exact) mass is 381 g/mol. The van der Waals surface area contributed by atoms with Crippen LogP contribution in [0.1, 0.15) is 13.3 Å². The maximum absolute atomic E-state index is 6.03. The molecule has 0 spiro atoms. The van der Waals surface area contributed by atoms with Crippen molar-refractivity contribution >= 4 is 29.9 Å². The molecular formula is C13H24IN3O2. The Labute approximate surface area is 132 Å². The van der Waals surface area contributed by atoms with Gasteiger partial charge < -0.3 is 20.1 Å². The smallest absolute Gasteiger partial charge is 0.191 e. The van der Waals surface area contributed by atoms with Crippen molar-refractivity contribution in [2.24, 2.45) is 16.6 Å². The van der Waals surface area contributed by atoms with E-state index in [-0.39, 0.29) is 36.2 Å². The van der Waals surface area contributed by atoms with Crippen molar-refractivity contribution in [3.05, 3.63) is 12.7 Å². The first-order chi connectivity index (χ1) is 8.70. The van der Waals surface area contributed by atoms with Crippen LogP contribution in [0, 0.1) is 5.92 Å². The SMILES string of the molecule is C=C[C@@H]1OCC[C@H]1CN=C(N)N1CCOC(C)C1.I. The van der Waals surface area contributed by atoms with Gasteiger partial charge in [-0.05, 0) is 13.3 Å². The van der Waals surface area contributed by atoms with Gasteiger partial charge in [0.25, 0.3) is 0 Å². The average Bonchev–Trinajstić information content (AvgIpc) is 2.83. The number of guanidine groups is 1. The van der Waals surface area contributed by atoms with Crippen LogP contribution in [0.3, 0.4) is 0 Å². The standard InChI is InChI=1S/C13H23N3O2.HI/c1-3-12-11(4-6-18-12)8-15-13(14)16-5-7-17-10(2)9-16;/h3,10-12H,1,4-9H2,2H3,(H2,14,15);1H/t10?,11-,12-;/m0./s1. The minimum atomic E-state index is 0. The first-order valence-corrected chi connectivity index (χ1v) is 6.61. The number of hydrogen-bond donors (Lipinski definition) is 1. The fraction of sp³-hybridized carbons (Fsp3) is 0.769. The Bertz CT molecular complexity index is 325. The number of hydrogen-bond acceptors (Lipinski definition) is 3. The molecule has 0 aromatic heterocycles. The molecule has 2 fully saturated rings. The summed E-state index contributed by atoms with van der Waals surface area (Å²) >= 11 is 0. The molecule has 0 aromatic rings. The Hall–Kier alpha value is -0.340. The van der Waals surface area contributed by atoms with Gasteiger partial charge in [0.15, 0.2) is 5.96 Å². The second kappa shape index (κ2) is 8.06. The van der Waals surface area contributed by atoms with E-state index in [0.29, 0.717) is 18.4 Å². The van der Waals surface area contributed by atoms with E-state index >= 15 is 0 Å². The van der Waals surface area contributed by atoms with Gasteiger partial charge in [0.1, 0.15) is 0 Å². The quantitative estimate of drug-likeness (QED) is 0.346. The fourth-order valence-corrected chi connectivity index (χ4v) is 2.45. The summed E-state index contributed by atoms with van der Waals surface area (Å²) in [5.74, 6) is 1.04. The van der Waals surface area contributed by atoms with Gasteiger partial charge in [-0.1, -0.05) is 6.08 Å². The molecule has 2 N–H and O–H groups in total. The van der Waals surface area contributed by atoms with Crippen LogP contribution in [-0.2, 0) is 9.47 Å². The zero-order chi connectivity index (χ0) is 13.0.